The summed E-state index contributed by atoms with van der Waals surface area (Å²) in [4.78, 5) is 27.2. The minimum absolute atomic E-state index is 0.0300. The third-order valence-electron chi connectivity index (χ3n) is 9.45. The van der Waals surface area contributed by atoms with Crippen LogP contribution in [0, 0.1) is 0 Å². The zero-order valence-corrected chi connectivity index (χ0v) is 32.1. The molecule has 0 rings (SSSR count). The third kappa shape index (κ3) is 34.3. The quantitative estimate of drug-likeness (QED) is 0.0376. The molecule has 0 radical (unpaired) electrons. The second kappa shape index (κ2) is 37.5. The van der Waals surface area contributed by atoms with E-state index in [9.17, 15) is 9.59 Å². The van der Waals surface area contributed by atoms with E-state index >= 15 is 0 Å². The molecule has 0 atom stereocenters. The maximum absolute atomic E-state index is 12.7. The number of esters is 2. The summed E-state index contributed by atoms with van der Waals surface area (Å²) in [6.45, 7) is 12.7. The number of rotatable bonds is 37. The van der Waals surface area contributed by atoms with Gasteiger partial charge in [-0.1, -0.05) is 149 Å². The second-order valence-electron chi connectivity index (χ2n) is 14.0. The number of unbranched alkanes of at least 4 members (excludes halogenated alkanes) is 20. The van der Waals surface area contributed by atoms with Gasteiger partial charge in [-0.3, -0.25) is 9.59 Å². The van der Waals surface area contributed by atoms with Crippen molar-refractivity contribution in [3.8, 4) is 0 Å². The Labute approximate surface area is 293 Å². The fourth-order valence-electron chi connectivity index (χ4n) is 6.24. The van der Waals surface area contributed by atoms with Crippen LogP contribution in [-0.2, 0) is 19.1 Å². The summed E-state index contributed by atoms with van der Waals surface area (Å²) in [5.41, 5.74) is 0. The number of hydrogen-bond acceptors (Lipinski definition) is 5. The van der Waals surface area contributed by atoms with Crippen LogP contribution in [0.5, 0.6) is 0 Å². The lowest BCUT2D eigenvalue weighted by molar-refractivity contribution is -0.150. The van der Waals surface area contributed by atoms with Crippen LogP contribution in [0.2, 0.25) is 0 Å². The van der Waals surface area contributed by atoms with E-state index < -0.39 is 0 Å². The Hall–Kier alpha value is -1.36. The van der Waals surface area contributed by atoms with Crippen molar-refractivity contribution in [2.24, 2.45) is 0 Å². The molecule has 0 N–H and O–H groups in total. The molecule has 0 saturated carbocycles. The van der Waals surface area contributed by atoms with Crippen molar-refractivity contribution in [2.75, 3.05) is 26.2 Å². The van der Waals surface area contributed by atoms with Crippen LogP contribution in [0.15, 0.2) is 12.2 Å². The van der Waals surface area contributed by atoms with Gasteiger partial charge in [0.15, 0.2) is 0 Å². The minimum atomic E-state index is -0.0672. The van der Waals surface area contributed by atoms with Gasteiger partial charge in [0.1, 0.15) is 12.7 Å². The molecule has 5 nitrogen and oxygen atoms in total. The molecule has 0 unspecified atom stereocenters. The number of carbonyl (C=O) groups excluding carboxylic acids is 2. The summed E-state index contributed by atoms with van der Waals surface area (Å²) in [6, 6.07) is 0. The van der Waals surface area contributed by atoms with E-state index in [1.807, 2.05) is 6.08 Å². The standard InChI is InChI=1S/C42H81NO4/c1-5-9-12-15-18-24-32-39-46-41(44)35-29-25-31-38-43(8-4)37-30-23-19-22-28-36-42(45)47-40(33-26-20-16-13-10-6-2)34-27-21-17-14-11-7-3/h24,32,40H,5-23,25-31,33-39H2,1-4H3/b32-24-. The van der Waals surface area contributed by atoms with Gasteiger partial charge in [-0.2, -0.15) is 0 Å². The van der Waals surface area contributed by atoms with E-state index in [1.165, 1.54) is 122 Å². The van der Waals surface area contributed by atoms with Gasteiger partial charge in [-0.25, -0.2) is 0 Å². The van der Waals surface area contributed by atoms with Gasteiger partial charge in [0.2, 0.25) is 0 Å². The molecule has 0 amide bonds. The van der Waals surface area contributed by atoms with Crippen molar-refractivity contribution in [3.63, 3.8) is 0 Å². The maximum Gasteiger partial charge on any atom is 0.306 e. The largest absolute Gasteiger partial charge is 0.462 e. The number of allylic oxidation sites excluding steroid dienone is 1. The highest BCUT2D eigenvalue weighted by Crippen LogP contribution is 2.18. The van der Waals surface area contributed by atoms with Crippen molar-refractivity contribution in [1.29, 1.82) is 0 Å². The highest BCUT2D eigenvalue weighted by atomic mass is 16.5. The molecule has 0 aliphatic heterocycles. The number of ether oxygens (including phenoxy) is 2. The molecular formula is C42H81NO4. The maximum atomic E-state index is 12.7. The molecule has 0 aromatic heterocycles. The van der Waals surface area contributed by atoms with E-state index in [2.05, 4.69) is 38.7 Å². The fourth-order valence-corrected chi connectivity index (χ4v) is 6.24. The van der Waals surface area contributed by atoms with E-state index in [0.717, 1.165) is 71.0 Å². The predicted molar refractivity (Wildman–Crippen MR) is 203 cm³/mol. The minimum Gasteiger partial charge on any atom is -0.462 e. The number of hydrogen-bond donors (Lipinski definition) is 0. The summed E-state index contributed by atoms with van der Waals surface area (Å²) < 4.78 is 11.3. The van der Waals surface area contributed by atoms with Crippen LogP contribution in [0.1, 0.15) is 214 Å². The summed E-state index contributed by atoms with van der Waals surface area (Å²) in [5, 5.41) is 0. The van der Waals surface area contributed by atoms with Gasteiger partial charge in [-0.05, 0) is 83.8 Å². The summed E-state index contributed by atoms with van der Waals surface area (Å²) in [5.74, 6) is -0.0372. The predicted octanol–water partition coefficient (Wildman–Crippen LogP) is 12.7. The topological polar surface area (TPSA) is 55.8 Å². The summed E-state index contributed by atoms with van der Waals surface area (Å²) in [7, 11) is 0. The van der Waals surface area contributed by atoms with Gasteiger partial charge in [0.05, 0.1) is 0 Å². The van der Waals surface area contributed by atoms with Crippen LogP contribution in [-0.4, -0.2) is 49.2 Å². The molecule has 278 valence electrons. The van der Waals surface area contributed by atoms with Crippen molar-refractivity contribution in [1.82, 2.24) is 4.90 Å². The van der Waals surface area contributed by atoms with Crippen molar-refractivity contribution in [2.45, 2.75) is 220 Å². The second-order valence-corrected chi connectivity index (χ2v) is 14.0. The highest BCUT2D eigenvalue weighted by Gasteiger charge is 2.14. The van der Waals surface area contributed by atoms with Crippen molar-refractivity contribution < 1.29 is 19.1 Å². The molecule has 0 saturated heterocycles. The normalized spacial score (nSPS) is 11.7. The Morgan fingerprint density at radius 2 is 0.957 bits per heavy atom. The SMILES string of the molecule is CCCCCC/C=C\COC(=O)CCCCCN(CC)CCCCCCCC(=O)OC(CCCCCCCC)CCCCCCCC. The van der Waals surface area contributed by atoms with E-state index in [1.54, 1.807) is 0 Å². The molecule has 0 heterocycles. The van der Waals surface area contributed by atoms with Crippen LogP contribution in [0.25, 0.3) is 0 Å². The van der Waals surface area contributed by atoms with Gasteiger partial charge in [-0.15, -0.1) is 0 Å². The highest BCUT2D eigenvalue weighted by molar-refractivity contribution is 5.69. The molecule has 0 spiro atoms. The van der Waals surface area contributed by atoms with Crippen LogP contribution in [0.4, 0.5) is 0 Å². The first-order valence-corrected chi connectivity index (χ1v) is 20.8. The van der Waals surface area contributed by atoms with Crippen molar-refractivity contribution in [3.05, 3.63) is 12.2 Å². The molecule has 0 aromatic rings. The first-order chi connectivity index (χ1) is 23.1. The fraction of sp³-hybridized carbons (Fsp3) is 0.905. The average Bonchev–Trinajstić information content (AvgIpc) is 3.07. The van der Waals surface area contributed by atoms with Crippen LogP contribution >= 0.6 is 0 Å². The molecule has 0 aliphatic carbocycles. The Morgan fingerprint density at radius 3 is 1.51 bits per heavy atom. The van der Waals surface area contributed by atoms with Crippen molar-refractivity contribution >= 4 is 11.9 Å². The molecule has 5 heteroatoms. The molecule has 0 aliphatic rings. The zero-order valence-electron chi connectivity index (χ0n) is 32.1. The zero-order chi connectivity index (χ0) is 34.5. The smallest absolute Gasteiger partial charge is 0.306 e. The average molecular weight is 664 g/mol. The summed E-state index contributed by atoms with van der Waals surface area (Å²) >= 11 is 0. The lowest BCUT2D eigenvalue weighted by Crippen LogP contribution is -2.25. The van der Waals surface area contributed by atoms with Crippen LogP contribution < -0.4 is 0 Å². The monoisotopic (exact) mass is 664 g/mol. The molecule has 47 heavy (non-hydrogen) atoms. The third-order valence-corrected chi connectivity index (χ3v) is 9.45. The van der Waals surface area contributed by atoms with Gasteiger partial charge < -0.3 is 14.4 Å². The Balaban J connectivity index is 3.93. The van der Waals surface area contributed by atoms with E-state index in [4.69, 9.17) is 9.47 Å². The van der Waals surface area contributed by atoms with E-state index in [-0.39, 0.29) is 18.0 Å². The summed E-state index contributed by atoms with van der Waals surface area (Å²) in [6.07, 6.45) is 38.0. The molecule has 0 fully saturated rings. The Morgan fingerprint density at radius 1 is 0.511 bits per heavy atom. The molecular weight excluding hydrogens is 582 g/mol. The first-order valence-electron chi connectivity index (χ1n) is 20.8. The van der Waals surface area contributed by atoms with Gasteiger partial charge in [0, 0.05) is 12.8 Å². The van der Waals surface area contributed by atoms with E-state index in [0.29, 0.717) is 19.4 Å². The molecule has 0 aromatic carbocycles. The first kappa shape index (κ1) is 45.6. The van der Waals surface area contributed by atoms with Gasteiger partial charge in [0.25, 0.3) is 0 Å². The Kier molecular flexibility index (Phi) is 36.4. The van der Waals surface area contributed by atoms with Gasteiger partial charge >= 0.3 is 11.9 Å². The number of carbonyl (C=O) groups is 2. The van der Waals surface area contributed by atoms with Crippen LogP contribution in [0.3, 0.4) is 0 Å². The molecule has 0 bridgehead atoms. The Bertz CT molecular complexity index is 678. The number of nitrogens with zero attached hydrogens (tertiary/aromatic N) is 1. The lowest BCUT2D eigenvalue weighted by atomic mass is 10.0. The lowest BCUT2D eigenvalue weighted by Gasteiger charge is -2.20.